The lowest BCUT2D eigenvalue weighted by Crippen LogP contribution is -2.48. The number of benzene rings is 2. The Kier molecular flexibility index (Phi) is 6.22. The van der Waals surface area contributed by atoms with Crippen LogP contribution >= 0.6 is 0 Å². The summed E-state index contributed by atoms with van der Waals surface area (Å²) in [5, 5.41) is 9.80. The first-order chi connectivity index (χ1) is 15.7. The van der Waals surface area contributed by atoms with E-state index in [1.807, 2.05) is 30.3 Å². The highest BCUT2D eigenvalue weighted by Gasteiger charge is 2.31. The number of nitrogens with one attached hydrogen (secondary N) is 2. The summed E-state index contributed by atoms with van der Waals surface area (Å²) in [5.74, 6) is -0.782. The molecule has 1 fully saturated rings. The van der Waals surface area contributed by atoms with Crippen molar-refractivity contribution in [1.29, 1.82) is 0 Å². The van der Waals surface area contributed by atoms with Gasteiger partial charge in [0.25, 0.3) is 5.91 Å². The van der Waals surface area contributed by atoms with E-state index in [0.29, 0.717) is 12.1 Å². The van der Waals surface area contributed by atoms with Crippen LogP contribution in [0.1, 0.15) is 40.0 Å². The zero-order valence-electron chi connectivity index (χ0n) is 17.9. The number of carbonyl (C=O) groups excluding carboxylic acids is 2. The van der Waals surface area contributed by atoms with E-state index in [2.05, 4.69) is 15.7 Å². The van der Waals surface area contributed by atoms with E-state index in [9.17, 15) is 22.8 Å². The minimum absolute atomic E-state index is 0.137. The average Bonchev–Trinajstić information content (AvgIpc) is 3.51. The maximum absolute atomic E-state index is 13.1. The molecule has 6 nitrogen and oxygen atoms in total. The second-order valence-electron chi connectivity index (χ2n) is 8.10. The molecule has 1 atom stereocenters. The number of rotatable bonds is 7. The van der Waals surface area contributed by atoms with Crippen LogP contribution in [0.2, 0.25) is 0 Å². The first kappa shape index (κ1) is 22.6. The SMILES string of the molecule is Cc1c(C(=O)NC(Cc2ccccc2)C(=O)NC2CC2)cnn1-c1cccc(C(F)(F)F)c1. The largest absolute Gasteiger partial charge is 0.416 e. The fourth-order valence-electron chi connectivity index (χ4n) is 3.53. The van der Waals surface area contributed by atoms with Gasteiger partial charge in [-0.25, -0.2) is 4.68 Å². The summed E-state index contributed by atoms with van der Waals surface area (Å²) in [6.07, 6.45) is -1.05. The van der Waals surface area contributed by atoms with Gasteiger partial charge >= 0.3 is 6.18 Å². The third kappa shape index (κ3) is 5.42. The van der Waals surface area contributed by atoms with Gasteiger partial charge in [0, 0.05) is 12.5 Å². The van der Waals surface area contributed by atoms with Crippen molar-refractivity contribution in [2.24, 2.45) is 0 Å². The molecule has 0 bridgehead atoms. The minimum atomic E-state index is -4.49. The van der Waals surface area contributed by atoms with E-state index in [-0.39, 0.29) is 23.2 Å². The van der Waals surface area contributed by atoms with Crippen molar-refractivity contribution < 1.29 is 22.8 Å². The van der Waals surface area contributed by atoms with E-state index in [1.54, 1.807) is 6.92 Å². The Morgan fingerprint density at radius 3 is 2.52 bits per heavy atom. The number of hydrogen-bond donors (Lipinski definition) is 2. The van der Waals surface area contributed by atoms with Crippen LogP contribution in [0.3, 0.4) is 0 Å². The number of carbonyl (C=O) groups is 2. The third-order valence-electron chi connectivity index (χ3n) is 5.50. The molecule has 3 aromatic rings. The van der Waals surface area contributed by atoms with Crippen molar-refractivity contribution in [2.45, 2.75) is 44.4 Å². The standard InChI is InChI=1S/C24H23F3N4O2/c1-15-20(14-28-31(15)19-9-5-8-17(13-19)24(25,26)27)22(32)30-21(23(33)29-18-10-11-18)12-16-6-3-2-4-7-16/h2-9,13-14,18,21H,10-12H2,1H3,(H,29,33)(H,30,32). The van der Waals surface area contributed by atoms with E-state index in [4.69, 9.17) is 0 Å². The Morgan fingerprint density at radius 1 is 1.12 bits per heavy atom. The Labute approximate surface area is 188 Å². The van der Waals surface area contributed by atoms with Gasteiger partial charge in [-0.15, -0.1) is 0 Å². The van der Waals surface area contributed by atoms with Crippen molar-refractivity contribution in [1.82, 2.24) is 20.4 Å². The molecule has 1 unspecified atom stereocenters. The van der Waals surface area contributed by atoms with Crippen molar-refractivity contribution in [3.8, 4) is 5.69 Å². The highest BCUT2D eigenvalue weighted by Crippen LogP contribution is 2.30. The molecule has 4 rings (SSSR count). The van der Waals surface area contributed by atoms with Gasteiger partial charge in [-0.05, 0) is 43.5 Å². The maximum Gasteiger partial charge on any atom is 0.416 e. The van der Waals surface area contributed by atoms with Crippen molar-refractivity contribution >= 4 is 11.8 Å². The molecule has 9 heteroatoms. The lowest BCUT2D eigenvalue weighted by atomic mass is 10.0. The zero-order valence-corrected chi connectivity index (χ0v) is 17.9. The van der Waals surface area contributed by atoms with E-state index in [1.165, 1.54) is 23.0 Å². The summed E-state index contributed by atoms with van der Waals surface area (Å²) in [4.78, 5) is 25.8. The first-order valence-electron chi connectivity index (χ1n) is 10.6. The highest BCUT2D eigenvalue weighted by molar-refractivity contribution is 5.98. The molecule has 172 valence electrons. The van der Waals surface area contributed by atoms with E-state index < -0.39 is 23.7 Å². The molecule has 1 heterocycles. The molecule has 2 aromatic carbocycles. The Balaban J connectivity index is 1.55. The normalized spacial score (nSPS) is 14.5. The molecule has 1 saturated carbocycles. The monoisotopic (exact) mass is 456 g/mol. The van der Waals surface area contributed by atoms with Crippen LogP contribution in [0, 0.1) is 6.92 Å². The zero-order chi connectivity index (χ0) is 23.6. The summed E-state index contributed by atoms with van der Waals surface area (Å²) >= 11 is 0. The number of alkyl halides is 3. The second-order valence-corrected chi connectivity index (χ2v) is 8.10. The van der Waals surface area contributed by atoms with Gasteiger partial charge in [-0.2, -0.15) is 18.3 Å². The van der Waals surface area contributed by atoms with Gasteiger partial charge in [0.05, 0.1) is 28.7 Å². The van der Waals surface area contributed by atoms with Crippen molar-refractivity contribution in [3.63, 3.8) is 0 Å². The molecule has 1 aliphatic rings. The average molecular weight is 456 g/mol. The van der Waals surface area contributed by atoms with Crippen LogP contribution in [0.4, 0.5) is 13.2 Å². The molecule has 2 N–H and O–H groups in total. The molecule has 0 aliphatic heterocycles. The van der Waals surface area contributed by atoms with Gasteiger partial charge in [0.1, 0.15) is 6.04 Å². The molecule has 1 aliphatic carbocycles. The molecule has 0 saturated heterocycles. The number of nitrogens with zero attached hydrogens (tertiary/aromatic N) is 2. The van der Waals surface area contributed by atoms with Gasteiger partial charge < -0.3 is 10.6 Å². The molecular formula is C24H23F3N4O2. The molecule has 1 aromatic heterocycles. The van der Waals surface area contributed by atoms with Crippen LogP contribution in [0.15, 0.2) is 60.8 Å². The molecule has 0 spiro atoms. The smallest absolute Gasteiger partial charge is 0.352 e. The Bertz CT molecular complexity index is 1150. The predicted molar refractivity (Wildman–Crippen MR) is 116 cm³/mol. The van der Waals surface area contributed by atoms with Gasteiger partial charge in [-0.3, -0.25) is 9.59 Å². The summed E-state index contributed by atoms with van der Waals surface area (Å²) < 4.78 is 40.5. The fourth-order valence-corrected chi connectivity index (χ4v) is 3.53. The predicted octanol–water partition coefficient (Wildman–Crippen LogP) is 3.82. The quantitative estimate of drug-likeness (QED) is 0.568. The second kappa shape index (κ2) is 9.09. The van der Waals surface area contributed by atoms with E-state index >= 15 is 0 Å². The topological polar surface area (TPSA) is 76.0 Å². The highest BCUT2D eigenvalue weighted by atomic mass is 19.4. The number of aromatic nitrogens is 2. The van der Waals surface area contributed by atoms with Crippen LogP contribution in [0.5, 0.6) is 0 Å². The lowest BCUT2D eigenvalue weighted by Gasteiger charge is -2.18. The van der Waals surface area contributed by atoms with Crippen LogP contribution in [-0.2, 0) is 17.4 Å². The fraction of sp³-hybridized carbons (Fsp3) is 0.292. The first-order valence-corrected chi connectivity index (χ1v) is 10.6. The van der Waals surface area contributed by atoms with Crippen molar-refractivity contribution in [2.75, 3.05) is 0 Å². The Hall–Kier alpha value is -3.62. The van der Waals surface area contributed by atoms with Gasteiger partial charge in [-0.1, -0.05) is 36.4 Å². The van der Waals surface area contributed by atoms with Crippen LogP contribution in [0.25, 0.3) is 5.69 Å². The molecule has 0 radical (unpaired) electrons. The third-order valence-corrected chi connectivity index (χ3v) is 5.50. The molecule has 2 amide bonds. The molecule has 33 heavy (non-hydrogen) atoms. The van der Waals surface area contributed by atoms with E-state index in [0.717, 1.165) is 30.5 Å². The summed E-state index contributed by atoms with van der Waals surface area (Å²) in [6, 6.07) is 13.4. The van der Waals surface area contributed by atoms with Crippen LogP contribution in [-0.4, -0.2) is 33.7 Å². The summed E-state index contributed by atoms with van der Waals surface area (Å²) in [6.45, 7) is 1.60. The Morgan fingerprint density at radius 2 is 1.85 bits per heavy atom. The lowest BCUT2D eigenvalue weighted by molar-refractivity contribution is -0.137. The number of hydrogen-bond acceptors (Lipinski definition) is 3. The van der Waals surface area contributed by atoms with Gasteiger partial charge in [0.2, 0.25) is 5.91 Å². The number of amides is 2. The maximum atomic E-state index is 13.1. The van der Waals surface area contributed by atoms with Gasteiger partial charge in [0.15, 0.2) is 0 Å². The summed E-state index contributed by atoms with van der Waals surface area (Å²) in [7, 11) is 0. The van der Waals surface area contributed by atoms with Crippen LogP contribution < -0.4 is 10.6 Å². The summed E-state index contributed by atoms with van der Waals surface area (Å²) in [5.41, 5.74) is 0.831. The number of halogens is 3. The minimum Gasteiger partial charge on any atom is -0.352 e. The van der Waals surface area contributed by atoms with Crippen molar-refractivity contribution in [3.05, 3.63) is 83.2 Å². The molecular weight excluding hydrogens is 433 g/mol.